The van der Waals surface area contributed by atoms with Crippen LogP contribution >= 0.6 is 0 Å². The van der Waals surface area contributed by atoms with Gasteiger partial charge in [0, 0.05) is 12.1 Å². The molecule has 3 heteroatoms. The number of rotatable bonds is 0. The fourth-order valence-corrected chi connectivity index (χ4v) is 2.88. The molecule has 1 aliphatic heterocycles. The molecular weight excluding hydrogens is 174 g/mol. The summed E-state index contributed by atoms with van der Waals surface area (Å²) in [4.78, 5) is 0. The maximum atomic E-state index is 5.92. The first-order chi connectivity index (χ1) is 6.84. The monoisotopic (exact) mass is 191 g/mol. The van der Waals surface area contributed by atoms with Crippen molar-refractivity contribution in [1.29, 1.82) is 0 Å². The molecule has 3 unspecified atom stereocenters. The van der Waals surface area contributed by atoms with Crippen LogP contribution in [0, 0.1) is 17.8 Å². The zero-order valence-electron chi connectivity index (χ0n) is 8.37. The average molecular weight is 191 g/mol. The minimum Gasteiger partial charge on any atom is -0.384 e. The molecule has 0 radical (unpaired) electrons. The van der Waals surface area contributed by atoms with Gasteiger partial charge in [0.2, 0.25) is 0 Å². The Morgan fingerprint density at radius 2 is 2.14 bits per heavy atom. The lowest BCUT2D eigenvalue weighted by Gasteiger charge is -2.24. The molecule has 1 heterocycles. The van der Waals surface area contributed by atoms with Crippen LogP contribution in [-0.4, -0.2) is 6.21 Å². The summed E-state index contributed by atoms with van der Waals surface area (Å²) in [5.74, 6) is 3.38. The largest absolute Gasteiger partial charge is 0.384 e. The molecule has 3 aliphatic rings. The highest BCUT2D eigenvalue weighted by Crippen LogP contribution is 2.49. The van der Waals surface area contributed by atoms with Gasteiger partial charge in [-0.2, -0.15) is 5.10 Å². The minimum atomic E-state index is 0.526. The van der Waals surface area contributed by atoms with E-state index in [-0.39, 0.29) is 0 Å². The number of hydrazone groups is 1. The Morgan fingerprint density at radius 1 is 1.29 bits per heavy atom. The molecule has 3 atom stereocenters. The highest BCUT2D eigenvalue weighted by molar-refractivity contribution is 5.66. The van der Waals surface area contributed by atoms with Crippen LogP contribution in [0.2, 0.25) is 0 Å². The number of nitrogens with one attached hydrogen (secondary N) is 1. The molecule has 0 bridgehead atoms. The lowest BCUT2D eigenvalue weighted by atomic mass is 9.87. The first kappa shape index (κ1) is 8.33. The van der Waals surface area contributed by atoms with E-state index in [2.05, 4.69) is 10.5 Å². The summed E-state index contributed by atoms with van der Waals surface area (Å²) in [5, 5.41) is 4.10. The molecule has 14 heavy (non-hydrogen) atoms. The van der Waals surface area contributed by atoms with E-state index in [1.165, 1.54) is 37.7 Å². The van der Waals surface area contributed by atoms with E-state index in [9.17, 15) is 0 Å². The van der Waals surface area contributed by atoms with Gasteiger partial charge in [-0.3, -0.25) is 5.43 Å². The summed E-state index contributed by atoms with van der Waals surface area (Å²) in [6, 6.07) is 0. The van der Waals surface area contributed by atoms with Gasteiger partial charge in [0.15, 0.2) is 0 Å². The number of fused-ring (bicyclic) bond motifs is 2. The second-order valence-corrected chi connectivity index (χ2v) is 4.81. The molecule has 3 N–H and O–H groups in total. The normalized spacial score (nSPS) is 40.4. The minimum absolute atomic E-state index is 0.526. The number of hydrogen-bond donors (Lipinski definition) is 2. The lowest BCUT2D eigenvalue weighted by Crippen LogP contribution is -2.27. The fraction of sp³-hybridized carbons (Fsp3) is 0.727. The van der Waals surface area contributed by atoms with E-state index in [0.29, 0.717) is 5.92 Å². The molecule has 2 saturated carbocycles. The lowest BCUT2D eigenvalue weighted by molar-refractivity contribution is 0.497. The van der Waals surface area contributed by atoms with Crippen molar-refractivity contribution in [2.75, 3.05) is 0 Å². The van der Waals surface area contributed by atoms with Gasteiger partial charge in [0.1, 0.15) is 5.82 Å². The van der Waals surface area contributed by atoms with Gasteiger partial charge >= 0.3 is 0 Å². The third-order valence-electron chi connectivity index (χ3n) is 3.93. The molecule has 2 aliphatic carbocycles. The summed E-state index contributed by atoms with van der Waals surface area (Å²) in [6.45, 7) is 0. The molecule has 3 nitrogen and oxygen atoms in total. The molecule has 3 rings (SSSR count). The van der Waals surface area contributed by atoms with Crippen LogP contribution in [0.5, 0.6) is 0 Å². The molecule has 0 saturated heterocycles. The van der Waals surface area contributed by atoms with Gasteiger partial charge in [-0.15, -0.1) is 0 Å². The topological polar surface area (TPSA) is 50.4 Å². The smallest absolute Gasteiger partial charge is 0.116 e. The van der Waals surface area contributed by atoms with Crippen LogP contribution in [-0.2, 0) is 0 Å². The Balaban J connectivity index is 1.82. The molecule has 2 fully saturated rings. The average Bonchev–Trinajstić information content (AvgIpc) is 2.87. The van der Waals surface area contributed by atoms with Gasteiger partial charge in [0.25, 0.3) is 0 Å². The highest BCUT2D eigenvalue weighted by atomic mass is 15.3. The SMILES string of the molecule is NC1=C2CCC3CC3CCC2C=NN1. The van der Waals surface area contributed by atoms with Crippen molar-refractivity contribution >= 4 is 6.21 Å². The zero-order chi connectivity index (χ0) is 9.54. The Kier molecular flexibility index (Phi) is 1.79. The molecule has 0 aromatic heterocycles. The van der Waals surface area contributed by atoms with E-state index in [1.807, 2.05) is 6.21 Å². The first-order valence-corrected chi connectivity index (χ1v) is 5.62. The number of hydrogen-bond acceptors (Lipinski definition) is 3. The maximum Gasteiger partial charge on any atom is 0.116 e. The Bertz CT molecular complexity index is 306. The quantitative estimate of drug-likeness (QED) is 0.610. The van der Waals surface area contributed by atoms with Crippen molar-refractivity contribution in [3.63, 3.8) is 0 Å². The third kappa shape index (κ3) is 1.31. The van der Waals surface area contributed by atoms with Crippen LogP contribution in [0.3, 0.4) is 0 Å². The zero-order valence-corrected chi connectivity index (χ0v) is 8.37. The third-order valence-corrected chi connectivity index (χ3v) is 3.93. The van der Waals surface area contributed by atoms with E-state index in [1.54, 1.807) is 0 Å². The summed E-state index contributed by atoms with van der Waals surface area (Å²) in [6.07, 6.45) is 8.64. The molecular formula is C11H17N3. The standard InChI is InChI=1S/C11H17N3/c12-11-10-4-3-8-5-7(8)1-2-9(10)6-13-14-11/h6-9,14H,1-5,12H2. The summed E-state index contributed by atoms with van der Waals surface area (Å²) >= 11 is 0. The number of allylic oxidation sites excluding steroid dienone is 1. The predicted octanol–water partition coefficient (Wildman–Crippen LogP) is 1.57. The second kappa shape index (κ2) is 3.01. The van der Waals surface area contributed by atoms with E-state index < -0.39 is 0 Å². The van der Waals surface area contributed by atoms with Crippen molar-refractivity contribution < 1.29 is 0 Å². The summed E-state index contributed by atoms with van der Waals surface area (Å²) in [7, 11) is 0. The molecule has 0 aromatic carbocycles. The first-order valence-electron chi connectivity index (χ1n) is 5.62. The van der Waals surface area contributed by atoms with Crippen molar-refractivity contribution in [2.45, 2.75) is 32.1 Å². The molecule has 0 spiro atoms. The summed E-state index contributed by atoms with van der Waals surface area (Å²) in [5.41, 5.74) is 10.2. The number of nitrogens with two attached hydrogens (primary N) is 1. The van der Waals surface area contributed by atoms with Crippen molar-refractivity contribution in [3.8, 4) is 0 Å². The fourth-order valence-electron chi connectivity index (χ4n) is 2.88. The molecule has 0 aromatic rings. The van der Waals surface area contributed by atoms with Crippen LogP contribution in [0.4, 0.5) is 0 Å². The molecule has 0 amide bonds. The van der Waals surface area contributed by atoms with Crippen LogP contribution in [0.1, 0.15) is 32.1 Å². The van der Waals surface area contributed by atoms with Gasteiger partial charge in [-0.25, -0.2) is 0 Å². The van der Waals surface area contributed by atoms with E-state index in [4.69, 9.17) is 5.73 Å². The van der Waals surface area contributed by atoms with Gasteiger partial charge in [-0.05, 0) is 49.5 Å². The number of nitrogens with zero attached hydrogens (tertiary/aromatic N) is 1. The Hall–Kier alpha value is -0.990. The van der Waals surface area contributed by atoms with Crippen LogP contribution in [0.25, 0.3) is 0 Å². The van der Waals surface area contributed by atoms with Crippen LogP contribution < -0.4 is 11.2 Å². The van der Waals surface area contributed by atoms with Crippen molar-refractivity contribution in [2.24, 2.45) is 28.6 Å². The maximum absolute atomic E-state index is 5.92. The van der Waals surface area contributed by atoms with E-state index >= 15 is 0 Å². The predicted molar refractivity (Wildman–Crippen MR) is 56.4 cm³/mol. The van der Waals surface area contributed by atoms with Gasteiger partial charge in [-0.1, -0.05) is 0 Å². The summed E-state index contributed by atoms with van der Waals surface area (Å²) < 4.78 is 0. The van der Waals surface area contributed by atoms with Gasteiger partial charge in [0.05, 0.1) is 0 Å². The highest BCUT2D eigenvalue weighted by Gasteiger charge is 2.39. The van der Waals surface area contributed by atoms with E-state index in [0.717, 1.165) is 17.7 Å². The van der Waals surface area contributed by atoms with Crippen LogP contribution in [0.15, 0.2) is 16.5 Å². The molecule has 76 valence electrons. The Labute approximate surface area is 84.4 Å². The van der Waals surface area contributed by atoms with Crippen molar-refractivity contribution in [1.82, 2.24) is 5.43 Å². The van der Waals surface area contributed by atoms with Crippen molar-refractivity contribution in [3.05, 3.63) is 11.4 Å². The second-order valence-electron chi connectivity index (χ2n) is 4.81. The van der Waals surface area contributed by atoms with Gasteiger partial charge < -0.3 is 5.73 Å². The Morgan fingerprint density at radius 3 is 3.07 bits per heavy atom.